The third kappa shape index (κ3) is 10.7. The lowest BCUT2D eigenvalue weighted by Gasteiger charge is -1.98. The summed E-state index contributed by atoms with van der Waals surface area (Å²) in [6, 6.07) is 5.83. The molecular weight excluding hydrogens is 319 g/mol. The summed E-state index contributed by atoms with van der Waals surface area (Å²) >= 11 is 0. The smallest absolute Gasteiger partial charge is 0.129 e. The third-order valence-electron chi connectivity index (χ3n) is 3.03. The Morgan fingerprint density at radius 2 is 1.96 bits per heavy atom. The van der Waals surface area contributed by atoms with Gasteiger partial charge in [-0.1, -0.05) is 41.9 Å². The molecule has 1 aromatic carbocycles. The molecular formula is C21H21FO3. The predicted octanol–water partition coefficient (Wildman–Crippen LogP) is 2.77. The maximum Gasteiger partial charge on any atom is 0.129 e. The molecule has 0 aliphatic carbocycles. The van der Waals surface area contributed by atoms with Crippen LogP contribution in [-0.4, -0.2) is 28.2 Å². The molecule has 0 saturated carbocycles. The second-order valence-corrected chi connectivity index (χ2v) is 5.37. The van der Waals surface area contributed by atoms with Crippen molar-refractivity contribution in [2.75, 3.05) is 0 Å². The van der Waals surface area contributed by atoms with E-state index in [1.54, 1.807) is 36.4 Å². The van der Waals surface area contributed by atoms with Crippen molar-refractivity contribution < 1.29 is 19.4 Å². The number of carbonyl (C=O) groups is 1. The molecule has 0 bridgehead atoms. The molecule has 4 heteroatoms. The highest BCUT2D eigenvalue weighted by Crippen LogP contribution is 2.01. The Kier molecular flexibility index (Phi) is 9.63. The maximum atomic E-state index is 12.7. The molecule has 2 atom stereocenters. The van der Waals surface area contributed by atoms with Gasteiger partial charge in [0, 0.05) is 18.4 Å². The van der Waals surface area contributed by atoms with E-state index in [0.717, 1.165) is 0 Å². The van der Waals surface area contributed by atoms with E-state index in [1.165, 1.54) is 19.1 Å². The molecule has 3 nitrogen and oxygen atoms in total. The van der Waals surface area contributed by atoms with Crippen LogP contribution in [0.4, 0.5) is 4.39 Å². The first-order valence-electron chi connectivity index (χ1n) is 7.92. The SMILES string of the molecule is CC(=O)CCC(O)C#CC=CC=CC(O)CC#Cc1ccc(F)cc1. The maximum absolute atomic E-state index is 12.7. The molecule has 1 rings (SSSR count). The van der Waals surface area contributed by atoms with Crippen LogP contribution in [0.15, 0.2) is 48.6 Å². The normalized spacial score (nSPS) is 13.0. The number of hydrogen-bond donors (Lipinski definition) is 2. The molecule has 0 aromatic heterocycles. The van der Waals surface area contributed by atoms with Gasteiger partial charge in [0.25, 0.3) is 0 Å². The number of hydrogen-bond acceptors (Lipinski definition) is 3. The molecule has 25 heavy (non-hydrogen) atoms. The van der Waals surface area contributed by atoms with Gasteiger partial charge < -0.3 is 15.0 Å². The Hall–Kier alpha value is -2.66. The van der Waals surface area contributed by atoms with Crippen LogP contribution in [0, 0.1) is 29.5 Å². The third-order valence-corrected chi connectivity index (χ3v) is 3.03. The lowest BCUT2D eigenvalue weighted by atomic mass is 10.1. The first-order valence-corrected chi connectivity index (χ1v) is 7.92. The van der Waals surface area contributed by atoms with Crippen molar-refractivity contribution in [1.82, 2.24) is 0 Å². The summed E-state index contributed by atoms with van der Waals surface area (Å²) in [7, 11) is 0. The first-order chi connectivity index (χ1) is 12.0. The molecule has 0 radical (unpaired) electrons. The van der Waals surface area contributed by atoms with Crippen LogP contribution in [0.1, 0.15) is 31.7 Å². The fraction of sp³-hybridized carbons (Fsp3) is 0.286. The molecule has 0 heterocycles. The van der Waals surface area contributed by atoms with E-state index in [4.69, 9.17) is 0 Å². The molecule has 130 valence electrons. The zero-order valence-electron chi connectivity index (χ0n) is 14.1. The highest BCUT2D eigenvalue weighted by Gasteiger charge is 2.00. The van der Waals surface area contributed by atoms with Crippen LogP contribution < -0.4 is 0 Å². The zero-order valence-corrected chi connectivity index (χ0v) is 14.1. The number of aliphatic hydroxyl groups excluding tert-OH is 2. The molecule has 2 N–H and O–H groups in total. The van der Waals surface area contributed by atoms with E-state index in [2.05, 4.69) is 23.7 Å². The van der Waals surface area contributed by atoms with Gasteiger partial charge in [-0.15, -0.1) is 0 Å². The van der Waals surface area contributed by atoms with Crippen LogP contribution in [0.2, 0.25) is 0 Å². The summed E-state index contributed by atoms with van der Waals surface area (Å²) in [5, 5.41) is 19.2. The average Bonchev–Trinajstić information content (AvgIpc) is 2.58. The molecule has 0 spiro atoms. The number of aliphatic hydroxyl groups is 2. The van der Waals surface area contributed by atoms with Crippen LogP contribution in [0.25, 0.3) is 0 Å². The Bertz CT molecular complexity index is 724. The molecule has 0 aliphatic rings. The van der Waals surface area contributed by atoms with Gasteiger partial charge in [-0.2, -0.15) is 0 Å². The van der Waals surface area contributed by atoms with Gasteiger partial charge in [0.15, 0.2) is 0 Å². The minimum atomic E-state index is -0.815. The highest BCUT2D eigenvalue weighted by atomic mass is 19.1. The number of carbonyl (C=O) groups excluding carboxylic acids is 1. The topological polar surface area (TPSA) is 57.5 Å². The van der Waals surface area contributed by atoms with E-state index in [9.17, 15) is 19.4 Å². The van der Waals surface area contributed by atoms with Gasteiger partial charge >= 0.3 is 0 Å². The Labute approximate surface area is 147 Å². The second kappa shape index (κ2) is 11.8. The standard InChI is InChI=1S/C21H21FO3/c1-17(23)11-16-21(25)9-5-3-2-4-8-20(24)10-6-7-18-12-14-19(22)15-13-18/h2-4,8,12-15,20-21,24-25H,10-11,16H2,1H3. The van der Waals surface area contributed by atoms with Crippen LogP contribution >= 0.6 is 0 Å². The van der Waals surface area contributed by atoms with E-state index in [0.29, 0.717) is 18.4 Å². The van der Waals surface area contributed by atoms with Gasteiger partial charge in [0.1, 0.15) is 17.7 Å². The van der Waals surface area contributed by atoms with E-state index in [1.807, 2.05) is 0 Å². The predicted molar refractivity (Wildman–Crippen MR) is 95.9 cm³/mol. The molecule has 0 saturated heterocycles. The summed E-state index contributed by atoms with van der Waals surface area (Å²) in [6.07, 6.45) is 5.77. The molecule has 2 unspecified atom stereocenters. The van der Waals surface area contributed by atoms with Crippen molar-refractivity contribution >= 4 is 5.78 Å². The van der Waals surface area contributed by atoms with Crippen molar-refractivity contribution in [3.8, 4) is 23.7 Å². The van der Waals surface area contributed by atoms with Gasteiger partial charge in [-0.05, 0) is 43.7 Å². The quantitative estimate of drug-likeness (QED) is 0.618. The molecule has 0 fully saturated rings. The molecule has 0 aliphatic heterocycles. The zero-order chi connectivity index (χ0) is 18.5. The number of ketones is 1. The van der Waals surface area contributed by atoms with Gasteiger partial charge in [0.05, 0.1) is 6.10 Å². The van der Waals surface area contributed by atoms with Crippen molar-refractivity contribution in [2.45, 2.75) is 38.4 Å². The summed E-state index contributed by atoms with van der Waals surface area (Å²) in [6.45, 7) is 1.47. The molecule has 0 amide bonds. The number of rotatable bonds is 6. The van der Waals surface area contributed by atoms with Gasteiger partial charge in [-0.25, -0.2) is 4.39 Å². The van der Waals surface area contributed by atoms with E-state index < -0.39 is 12.2 Å². The summed E-state index contributed by atoms with van der Waals surface area (Å²) < 4.78 is 12.7. The minimum absolute atomic E-state index is 0.0239. The van der Waals surface area contributed by atoms with E-state index >= 15 is 0 Å². The Morgan fingerprint density at radius 3 is 2.64 bits per heavy atom. The molecule has 1 aromatic rings. The summed E-state index contributed by atoms with van der Waals surface area (Å²) in [5.41, 5.74) is 0.691. The monoisotopic (exact) mass is 340 g/mol. The van der Waals surface area contributed by atoms with Crippen molar-refractivity contribution in [2.24, 2.45) is 0 Å². The summed E-state index contributed by atoms with van der Waals surface area (Å²) in [5.74, 6) is 10.7. The van der Waals surface area contributed by atoms with E-state index in [-0.39, 0.29) is 18.0 Å². The fourth-order valence-electron chi connectivity index (χ4n) is 1.71. The minimum Gasteiger partial charge on any atom is -0.388 e. The van der Waals surface area contributed by atoms with Gasteiger partial charge in [0.2, 0.25) is 0 Å². The summed E-state index contributed by atoms with van der Waals surface area (Å²) in [4.78, 5) is 10.8. The lowest BCUT2D eigenvalue weighted by molar-refractivity contribution is -0.117. The van der Waals surface area contributed by atoms with Crippen molar-refractivity contribution in [3.05, 3.63) is 60.0 Å². The number of Topliss-reactive ketones (excluding diaryl/α,β-unsaturated/α-hetero) is 1. The second-order valence-electron chi connectivity index (χ2n) is 5.37. The number of allylic oxidation sites excluding steroid dienone is 3. The van der Waals surface area contributed by atoms with Crippen LogP contribution in [0.5, 0.6) is 0 Å². The van der Waals surface area contributed by atoms with Crippen LogP contribution in [0.3, 0.4) is 0 Å². The fourth-order valence-corrected chi connectivity index (χ4v) is 1.71. The van der Waals surface area contributed by atoms with Crippen LogP contribution in [-0.2, 0) is 4.79 Å². The largest absolute Gasteiger partial charge is 0.388 e. The lowest BCUT2D eigenvalue weighted by Crippen LogP contribution is -2.04. The first kappa shape index (κ1) is 20.4. The Balaban J connectivity index is 2.34. The number of halogens is 1. The van der Waals surface area contributed by atoms with Crippen molar-refractivity contribution in [1.29, 1.82) is 0 Å². The highest BCUT2D eigenvalue weighted by molar-refractivity contribution is 5.75. The van der Waals surface area contributed by atoms with Gasteiger partial charge in [-0.3, -0.25) is 0 Å². The Morgan fingerprint density at radius 1 is 1.24 bits per heavy atom. The van der Waals surface area contributed by atoms with Crippen molar-refractivity contribution in [3.63, 3.8) is 0 Å². The average molecular weight is 340 g/mol. The number of benzene rings is 1.